The summed E-state index contributed by atoms with van der Waals surface area (Å²) in [4.78, 5) is 39.7. The van der Waals surface area contributed by atoms with Gasteiger partial charge in [0.2, 0.25) is 5.91 Å². The molecule has 0 unspecified atom stereocenters. The summed E-state index contributed by atoms with van der Waals surface area (Å²) in [6, 6.07) is 11.6. The number of piperazine rings is 1. The zero-order chi connectivity index (χ0) is 23.8. The second kappa shape index (κ2) is 8.89. The third-order valence-electron chi connectivity index (χ3n) is 6.65. The average molecular weight is 460 g/mol. The van der Waals surface area contributed by atoms with E-state index in [9.17, 15) is 9.59 Å². The van der Waals surface area contributed by atoms with Crippen LogP contribution < -0.4 is 9.80 Å². The van der Waals surface area contributed by atoms with Gasteiger partial charge in [0, 0.05) is 62.3 Å². The van der Waals surface area contributed by atoms with Crippen LogP contribution in [0.3, 0.4) is 0 Å². The summed E-state index contributed by atoms with van der Waals surface area (Å²) in [6.07, 6.45) is 1.55. The van der Waals surface area contributed by atoms with Crippen LogP contribution in [0.1, 0.15) is 28.7 Å². The van der Waals surface area contributed by atoms with Gasteiger partial charge in [-0.2, -0.15) is 5.10 Å². The fourth-order valence-electron chi connectivity index (χ4n) is 4.66. The predicted molar refractivity (Wildman–Crippen MR) is 130 cm³/mol. The summed E-state index contributed by atoms with van der Waals surface area (Å²) < 4.78 is 1.82. The molecule has 0 bridgehead atoms. The van der Waals surface area contributed by atoms with Crippen LogP contribution in [0.15, 0.2) is 42.7 Å². The molecule has 3 aromatic rings. The minimum atomic E-state index is -0.00602. The third kappa shape index (κ3) is 4.25. The van der Waals surface area contributed by atoms with Gasteiger partial charge >= 0.3 is 0 Å². The molecule has 0 aliphatic carbocycles. The Labute approximate surface area is 199 Å². The summed E-state index contributed by atoms with van der Waals surface area (Å²) in [5, 5.41) is 4.50. The largest absolute Gasteiger partial charge is 0.368 e. The first-order valence-electron chi connectivity index (χ1n) is 11.6. The quantitative estimate of drug-likeness (QED) is 0.541. The Balaban J connectivity index is 1.15. The molecule has 5 rings (SSSR count). The molecule has 9 heteroatoms. The number of ketones is 1. The van der Waals surface area contributed by atoms with Gasteiger partial charge in [0.1, 0.15) is 12.1 Å². The Hall–Kier alpha value is -3.75. The van der Waals surface area contributed by atoms with Crippen LogP contribution in [0, 0.1) is 19.8 Å². The van der Waals surface area contributed by atoms with E-state index >= 15 is 0 Å². The van der Waals surface area contributed by atoms with Crippen LogP contribution in [-0.4, -0.2) is 75.6 Å². The normalized spacial score (nSPS) is 16.5. The van der Waals surface area contributed by atoms with Crippen molar-refractivity contribution in [2.45, 2.75) is 20.8 Å². The van der Waals surface area contributed by atoms with E-state index in [0.717, 1.165) is 47.4 Å². The zero-order valence-electron chi connectivity index (χ0n) is 19.8. The van der Waals surface area contributed by atoms with E-state index in [0.29, 0.717) is 26.2 Å². The Morgan fingerprint density at radius 1 is 0.882 bits per heavy atom. The van der Waals surface area contributed by atoms with Crippen LogP contribution in [-0.2, 0) is 4.79 Å². The van der Waals surface area contributed by atoms with Crippen molar-refractivity contribution in [2.24, 2.45) is 5.92 Å². The Morgan fingerprint density at radius 3 is 2.18 bits per heavy atom. The topological polar surface area (TPSA) is 87.5 Å². The summed E-state index contributed by atoms with van der Waals surface area (Å²) in [5.41, 5.74) is 3.78. The van der Waals surface area contributed by atoms with Crippen molar-refractivity contribution in [3.05, 3.63) is 59.7 Å². The lowest BCUT2D eigenvalue weighted by Gasteiger charge is -2.43. The molecule has 1 amide bonds. The van der Waals surface area contributed by atoms with Crippen LogP contribution in [0.4, 0.5) is 11.5 Å². The Bertz CT molecular complexity index is 1210. The fraction of sp³-hybridized carbons (Fsp3) is 0.400. The Morgan fingerprint density at radius 2 is 1.56 bits per heavy atom. The SMILES string of the molecule is CC(=O)c1ccc(N2CCN(C(=O)C3CN(c4cc(-n5nc(C)cc5C)ncn4)C3)CC2)cc1. The van der Waals surface area contributed by atoms with Gasteiger partial charge < -0.3 is 14.7 Å². The molecular formula is C25H29N7O2. The second-order valence-electron chi connectivity index (χ2n) is 9.09. The van der Waals surface area contributed by atoms with Gasteiger partial charge in [0.25, 0.3) is 0 Å². The van der Waals surface area contributed by atoms with Crippen molar-refractivity contribution in [2.75, 3.05) is 49.1 Å². The van der Waals surface area contributed by atoms with E-state index < -0.39 is 0 Å². The summed E-state index contributed by atoms with van der Waals surface area (Å²) in [7, 11) is 0. The number of benzene rings is 1. The van der Waals surface area contributed by atoms with E-state index in [-0.39, 0.29) is 17.6 Å². The van der Waals surface area contributed by atoms with Crippen molar-refractivity contribution in [3.8, 4) is 5.82 Å². The van der Waals surface area contributed by atoms with Gasteiger partial charge in [0.15, 0.2) is 11.6 Å². The van der Waals surface area contributed by atoms with Crippen molar-refractivity contribution >= 4 is 23.2 Å². The third-order valence-corrected chi connectivity index (χ3v) is 6.65. The molecule has 0 saturated carbocycles. The molecule has 2 saturated heterocycles. The predicted octanol–water partition coefficient (Wildman–Crippen LogP) is 2.27. The highest BCUT2D eigenvalue weighted by Gasteiger charge is 2.37. The van der Waals surface area contributed by atoms with Gasteiger partial charge in [-0.15, -0.1) is 0 Å². The molecule has 4 heterocycles. The number of hydrogen-bond acceptors (Lipinski definition) is 7. The summed E-state index contributed by atoms with van der Waals surface area (Å²) in [5.74, 6) is 1.84. The maximum absolute atomic E-state index is 13.1. The lowest BCUT2D eigenvalue weighted by Crippen LogP contribution is -2.58. The molecule has 2 aromatic heterocycles. The number of aromatic nitrogens is 4. The standard InChI is InChI=1S/C25H29N7O2/c1-17-12-18(2)32(28-17)24-13-23(26-16-27-24)31-14-21(15-31)25(34)30-10-8-29(9-11-30)22-6-4-20(5-7-22)19(3)33/h4-7,12-13,16,21H,8-11,14-15H2,1-3H3. The van der Waals surface area contributed by atoms with Crippen LogP contribution in [0.5, 0.6) is 0 Å². The second-order valence-corrected chi connectivity index (χ2v) is 9.09. The molecule has 0 N–H and O–H groups in total. The lowest BCUT2D eigenvalue weighted by molar-refractivity contribution is -0.136. The number of carbonyl (C=O) groups excluding carboxylic acids is 2. The molecule has 176 valence electrons. The molecule has 0 atom stereocenters. The van der Waals surface area contributed by atoms with Crippen molar-refractivity contribution < 1.29 is 9.59 Å². The van der Waals surface area contributed by atoms with Gasteiger partial charge in [-0.1, -0.05) is 0 Å². The molecule has 0 spiro atoms. The molecule has 34 heavy (non-hydrogen) atoms. The number of Topliss-reactive ketones (excluding diaryl/α,β-unsaturated/α-hetero) is 1. The fourth-order valence-corrected chi connectivity index (χ4v) is 4.66. The molecule has 2 fully saturated rings. The molecule has 1 aromatic carbocycles. The highest BCUT2D eigenvalue weighted by atomic mass is 16.2. The van der Waals surface area contributed by atoms with Crippen molar-refractivity contribution in [1.29, 1.82) is 0 Å². The smallest absolute Gasteiger partial charge is 0.229 e. The molecule has 2 aliphatic heterocycles. The van der Waals surface area contributed by atoms with Gasteiger partial charge in [0.05, 0.1) is 11.6 Å². The van der Waals surface area contributed by atoms with Gasteiger partial charge in [-0.3, -0.25) is 9.59 Å². The van der Waals surface area contributed by atoms with Gasteiger partial charge in [-0.05, 0) is 51.1 Å². The first-order chi connectivity index (χ1) is 16.4. The van der Waals surface area contributed by atoms with Crippen LogP contribution in [0.2, 0.25) is 0 Å². The van der Waals surface area contributed by atoms with Gasteiger partial charge in [-0.25, -0.2) is 14.6 Å². The number of hydrogen-bond donors (Lipinski definition) is 0. The molecule has 9 nitrogen and oxygen atoms in total. The van der Waals surface area contributed by atoms with Crippen molar-refractivity contribution in [3.63, 3.8) is 0 Å². The maximum atomic E-state index is 13.1. The number of rotatable bonds is 5. The van der Waals surface area contributed by atoms with Crippen molar-refractivity contribution in [1.82, 2.24) is 24.6 Å². The lowest BCUT2D eigenvalue weighted by atomic mass is 9.98. The highest BCUT2D eigenvalue weighted by Crippen LogP contribution is 2.26. The van der Waals surface area contributed by atoms with Crippen LogP contribution >= 0.6 is 0 Å². The number of nitrogens with zero attached hydrogens (tertiary/aromatic N) is 7. The number of aryl methyl sites for hydroxylation is 2. The Kier molecular flexibility index (Phi) is 5.77. The minimum Gasteiger partial charge on any atom is -0.368 e. The summed E-state index contributed by atoms with van der Waals surface area (Å²) in [6.45, 7) is 9.87. The number of carbonyl (C=O) groups is 2. The molecular weight excluding hydrogens is 430 g/mol. The van der Waals surface area contributed by atoms with E-state index in [2.05, 4.69) is 24.9 Å². The minimum absolute atomic E-state index is 0.00602. The number of amides is 1. The maximum Gasteiger partial charge on any atom is 0.229 e. The summed E-state index contributed by atoms with van der Waals surface area (Å²) >= 11 is 0. The number of anilines is 2. The first kappa shape index (κ1) is 22.1. The highest BCUT2D eigenvalue weighted by molar-refractivity contribution is 5.94. The zero-order valence-corrected chi connectivity index (χ0v) is 19.8. The monoisotopic (exact) mass is 459 g/mol. The molecule has 2 aliphatic rings. The van der Waals surface area contributed by atoms with E-state index in [1.165, 1.54) is 0 Å². The van der Waals surface area contributed by atoms with E-state index in [1.54, 1.807) is 13.3 Å². The molecule has 0 radical (unpaired) electrons. The first-order valence-corrected chi connectivity index (χ1v) is 11.6. The van der Waals surface area contributed by atoms with E-state index in [4.69, 9.17) is 0 Å². The average Bonchev–Trinajstić information content (AvgIpc) is 3.16. The van der Waals surface area contributed by atoms with E-state index in [1.807, 2.05) is 59.8 Å². The van der Waals surface area contributed by atoms with Crippen LogP contribution in [0.25, 0.3) is 5.82 Å².